The average molecular weight is 777 g/mol. The number of esters is 2. The van der Waals surface area contributed by atoms with Crippen molar-refractivity contribution in [1.29, 1.82) is 0 Å². The van der Waals surface area contributed by atoms with E-state index in [0.29, 0.717) is 12.8 Å². The van der Waals surface area contributed by atoms with Crippen LogP contribution in [0.5, 0.6) is 0 Å². The van der Waals surface area contributed by atoms with Gasteiger partial charge < -0.3 is 39.4 Å². The molecule has 0 aliphatic carbocycles. The molecule has 1 rings (SSSR count). The highest BCUT2D eigenvalue weighted by molar-refractivity contribution is 5.70. The van der Waals surface area contributed by atoms with Crippen LogP contribution in [0.2, 0.25) is 0 Å². The highest BCUT2D eigenvalue weighted by Gasteiger charge is 2.44. The van der Waals surface area contributed by atoms with Gasteiger partial charge in [0.05, 0.1) is 13.2 Å². The van der Waals surface area contributed by atoms with Crippen molar-refractivity contribution in [1.82, 2.24) is 0 Å². The second-order valence-electron chi connectivity index (χ2n) is 14.4. The lowest BCUT2D eigenvalue weighted by Gasteiger charge is -2.39. The normalized spacial score (nSPS) is 21.2. The third-order valence-corrected chi connectivity index (χ3v) is 9.39. The van der Waals surface area contributed by atoms with E-state index in [0.717, 1.165) is 77.0 Å². The second-order valence-corrected chi connectivity index (χ2v) is 14.4. The van der Waals surface area contributed by atoms with E-state index in [-0.39, 0.29) is 26.1 Å². The Labute approximate surface area is 332 Å². The molecule has 0 aromatic rings. The third kappa shape index (κ3) is 27.6. The largest absolute Gasteiger partial charge is 0.462 e. The van der Waals surface area contributed by atoms with Gasteiger partial charge >= 0.3 is 11.9 Å². The Kier molecular flexibility index (Phi) is 32.8. The number of hydrogen-bond donors (Lipinski definition) is 4. The molecule has 2 unspecified atom stereocenters. The number of ether oxygens (including phenoxy) is 4. The van der Waals surface area contributed by atoms with Gasteiger partial charge in [0.1, 0.15) is 31.0 Å². The molecule has 1 aliphatic rings. The quantitative estimate of drug-likeness (QED) is 0.0284. The summed E-state index contributed by atoms with van der Waals surface area (Å²) in [7, 11) is 0. The molecule has 316 valence electrons. The van der Waals surface area contributed by atoms with Gasteiger partial charge in [-0.15, -0.1) is 0 Å². The van der Waals surface area contributed by atoms with Gasteiger partial charge in [0.25, 0.3) is 0 Å². The van der Waals surface area contributed by atoms with E-state index in [4.69, 9.17) is 18.9 Å². The molecular weight excluding hydrogens is 700 g/mol. The monoisotopic (exact) mass is 777 g/mol. The lowest BCUT2D eigenvalue weighted by Crippen LogP contribution is -2.59. The van der Waals surface area contributed by atoms with Crippen LogP contribution in [-0.4, -0.2) is 89.0 Å². The molecule has 10 heteroatoms. The fourth-order valence-corrected chi connectivity index (χ4v) is 6.00. The molecule has 0 amide bonds. The molecule has 1 saturated heterocycles. The van der Waals surface area contributed by atoms with Crippen molar-refractivity contribution >= 4 is 11.9 Å². The number of carbonyl (C=O) groups is 2. The number of rotatable bonds is 34. The molecule has 0 aromatic carbocycles. The van der Waals surface area contributed by atoms with E-state index >= 15 is 0 Å². The predicted molar refractivity (Wildman–Crippen MR) is 219 cm³/mol. The van der Waals surface area contributed by atoms with Crippen LogP contribution >= 0.6 is 0 Å². The van der Waals surface area contributed by atoms with Crippen LogP contribution in [0.15, 0.2) is 60.8 Å². The Bertz CT molecular complexity index is 1080. The minimum Gasteiger partial charge on any atom is -0.462 e. The Balaban J connectivity index is 2.40. The molecule has 1 aliphatic heterocycles. The molecule has 55 heavy (non-hydrogen) atoms. The Morgan fingerprint density at radius 2 is 1.07 bits per heavy atom. The van der Waals surface area contributed by atoms with Gasteiger partial charge in [0.15, 0.2) is 12.4 Å². The number of hydrogen-bond acceptors (Lipinski definition) is 10. The summed E-state index contributed by atoms with van der Waals surface area (Å²) in [6, 6.07) is 0. The summed E-state index contributed by atoms with van der Waals surface area (Å²) in [6.07, 6.45) is 35.1. The van der Waals surface area contributed by atoms with Gasteiger partial charge in [-0.3, -0.25) is 9.59 Å². The highest BCUT2D eigenvalue weighted by atomic mass is 16.7. The van der Waals surface area contributed by atoms with Gasteiger partial charge in [-0.05, 0) is 77.0 Å². The molecule has 1 fully saturated rings. The van der Waals surface area contributed by atoms with E-state index in [1.807, 2.05) is 0 Å². The second kappa shape index (κ2) is 35.8. The van der Waals surface area contributed by atoms with Crippen LogP contribution in [-0.2, 0) is 28.5 Å². The maximum atomic E-state index is 12.7. The molecule has 0 saturated carbocycles. The number of carbonyl (C=O) groups excluding carboxylic acids is 2. The number of aliphatic hydroxyl groups is 4. The molecule has 0 spiro atoms. The van der Waals surface area contributed by atoms with Crippen molar-refractivity contribution < 1.29 is 49.0 Å². The van der Waals surface area contributed by atoms with Gasteiger partial charge in [-0.1, -0.05) is 126 Å². The van der Waals surface area contributed by atoms with E-state index in [9.17, 15) is 30.0 Å². The lowest BCUT2D eigenvalue weighted by atomic mass is 9.99. The van der Waals surface area contributed by atoms with Crippen LogP contribution < -0.4 is 0 Å². The molecule has 0 radical (unpaired) electrons. The van der Waals surface area contributed by atoms with Gasteiger partial charge in [-0.25, -0.2) is 0 Å². The van der Waals surface area contributed by atoms with Crippen LogP contribution in [0, 0.1) is 0 Å². The zero-order valence-corrected chi connectivity index (χ0v) is 34.2. The van der Waals surface area contributed by atoms with Crippen LogP contribution in [0.3, 0.4) is 0 Å². The zero-order chi connectivity index (χ0) is 40.2. The molecule has 6 atom stereocenters. The zero-order valence-electron chi connectivity index (χ0n) is 34.2. The number of allylic oxidation sites excluding steroid dienone is 10. The Morgan fingerprint density at radius 3 is 1.65 bits per heavy atom. The van der Waals surface area contributed by atoms with E-state index in [1.54, 1.807) is 0 Å². The fourth-order valence-electron chi connectivity index (χ4n) is 6.00. The minimum atomic E-state index is -1.60. The summed E-state index contributed by atoms with van der Waals surface area (Å²) in [5, 5.41) is 40.0. The standard InChI is InChI=1S/C45H76O10/c1-3-5-7-9-11-13-15-17-19-21-23-25-27-29-31-33-40(47)52-36-38(37-53-45-44(51)43(50)42(49)39(35-46)55-45)54-41(48)34-32-30-28-26-24-22-20-18-16-14-12-10-8-6-4-2/h6,8,12,14,17-20,23,25,38-39,42-46,49-51H,3-5,7,9-11,13,15-16,21-22,24,26-37H2,1-2H3/b8-6+,14-12+,19-17+,20-18+,25-23+/t38-,39-,42+,43?,44?,45-/m0/s1. The van der Waals surface area contributed by atoms with Crippen molar-refractivity contribution in [2.75, 3.05) is 19.8 Å². The summed E-state index contributed by atoms with van der Waals surface area (Å²) in [4.78, 5) is 25.3. The number of aliphatic hydroxyl groups excluding tert-OH is 4. The van der Waals surface area contributed by atoms with Crippen LogP contribution in [0.25, 0.3) is 0 Å². The maximum Gasteiger partial charge on any atom is 0.306 e. The van der Waals surface area contributed by atoms with E-state index in [1.165, 1.54) is 38.5 Å². The Hall–Kier alpha value is -2.60. The molecule has 4 N–H and O–H groups in total. The minimum absolute atomic E-state index is 0.201. The smallest absolute Gasteiger partial charge is 0.306 e. The molecular formula is C45H76O10. The SMILES string of the molecule is CC/C=C/C/C=C/C/C=C/CCCCCCCC(=O)O[C@@H](COC(=O)CCCC/C=C/C/C=C/CCCCCCCC)CO[C@H]1O[C@@H](CO)[C@@H](O)C(O)C1O. The average Bonchev–Trinajstić information content (AvgIpc) is 3.18. The van der Waals surface area contributed by atoms with Gasteiger partial charge in [-0.2, -0.15) is 0 Å². The lowest BCUT2D eigenvalue weighted by molar-refractivity contribution is -0.305. The first-order chi connectivity index (χ1) is 26.8. The first-order valence-electron chi connectivity index (χ1n) is 21.4. The third-order valence-electron chi connectivity index (χ3n) is 9.39. The molecule has 1 heterocycles. The molecule has 0 bridgehead atoms. The van der Waals surface area contributed by atoms with E-state index < -0.39 is 55.4 Å². The van der Waals surface area contributed by atoms with Crippen molar-refractivity contribution in [3.63, 3.8) is 0 Å². The van der Waals surface area contributed by atoms with Crippen molar-refractivity contribution in [2.45, 2.75) is 192 Å². The summed E-state index contributed by atoms with van der Waals surface area (Å²) in [6.45, 7) is 3.23. The summed E-state index contributed by atoms with van der Waals surface area (Å²) in [5.41, 5.74) is 0. The molecule has 10 nitrogen and oxygen atoms in total. The fraction of sp³-hybridized carbons (Fsp3) is 0.733. The summed E-state index contributed by atoms with van der Waals surface area (Å²) in [5.74, 6) is -0.870. The summed E-state index contributed by atoms with van der Waals surface area (Å²) < 4.78 is 22.1. The highest BCUT2D eigenvalue weighted by Crippen LogP contribution is 2.22. The van der Waals surface area contributed by atoms with Gasteiger partial charge in [0, 0.05) is 12.8 Å². The van der Waals surface area contributed by atoms with Crippen LogP contribution in [0.1, 0.15) is 155 Å². The first kappa shape index (κ1) is 50.4. The van der Waals surface area contributed by atoms with Crippen molar-refractivity contribution in [2.24, 2.45) is 0 Å². The van der Waals surface area contributed by atoms with Gasteiger partial charge in [0.2, 0.25) is 0 Å². The predicted octanol–water partition coefficient (Wildman–Crippen LogP) is 8.66. The topological polar surface area (TPSA) is 152 Å². The van der Waals surface area contributed by atoms with Crippen molar-refractivity contribution in [3.05, 3.63) is 60.8 Å². The first-order valence-corrected chi connectivity index (χ1v) is 21.4. The van der Waals surface area contributed by atoms with Crippen LogP contribution in [0.4, 0.5) is 0 Å². The Morgan fingerprint density at radius 1 is 0.582 bits per heavy atom. The van der Waals surface area contributed by atoms with E-state index in [2.05, 4.69) is 74.6 Å². The molecule has 0 aromatic heterocycles. The number of unbranched alkanes of at least 4 members (excludes halogenated alkanes) is 13. The maximum absolute atomic E-state index is 12.7. The summed E-state index contributed by atoms with van der Waals surface area (Å²) >= 11 is 0. The van der Waals surface area contributed by atoms with Crippen molar-refractivity contribution in [3.8, 4) is 0 Å².